The van der Waals surface area contributed by atoms with E-state index in [2.05, 4.69) is 5.32 Å². The van der Waals surface area contributed by atoms with Crippen LogP contribution in [-0.2, 0) is 14.8 Å². The molecule has 0 aliphatic rings. The third-order valence-electron chi connectivity index (χ3n) is 2.95. The lowest BCUT2D eigenvalue weighted by molar-refractivity contribution is -0.121. The van der Waals surface area contributed by atoms with E-state index in [1.165, 1.54) is 10.6 Å². The van der Waals surface area contributed by atoms with Crippen molar-refractivity contribution in [2.75, 3.05) is 23.7 Å². The van der Waals surface area contributed by atoms with Gasteiger partial charge in [-0.3, -0.25) is 9.10 Å². The van der Waals surface area contributed by atoms with Gasteiger partial charge in [0.2, 0.25) is 15.9 Å². The van der Waals surface area contributed by atoms with Crippen LogP contribution < -0.4 is 9.62 Å². The molecule has 21 heavy (non-hydrogen) atoms. The van der Waals surface area contributed by atoms with Crippen LogP contribution in [0.3, 0.4) is 0 Å². The number of hydrogen-bond donors (Lipinski definition) is 1. The molecule has 0 aromatic heterocycles. The van der Waals surface area contributed by atoms with E-state index in [9.17, 15) is 13.2 Å². The zero-order chi connectivity index (χ0) is 16.0. The van der Waals surface area contributed by atoms with Gasteiger partial charge < -0.3 is 5.32 Å². The largest absolute Gasteiger partial charge is 0.354 e. The summed E-state index contributed by atoms with van der Waals surface area (Å²) in [5.74, 6) is 0.232. The van der Waals surface area contributed by atoms with Gasteiger partial charge in [-0.1, -0.05) is 31.5 Å². The minimum Gasteiger partial charge on any atom is -0.354 e. The molecule has 118 valence electrons. The molecule has 0 saturated carbocycles. The summed E-state index contributed by atoms with van der Waals surface area (Å²) in [5, 5.41) is 2.75. The van der Waals surface area contributed by atoms with Crippen LogP contribution in [0.4, 0.5) is 5.69 Å². The molecule has 1 amide bonds. The fraction of sp³-hybridized carbons (Fsp3) is 0.533. The van der Waals surface area contributed by atoms with Crippen molar-refractivity contribution in [2.45, 2.75) is 27.2 Å². The number of carbonyl (C=O) groups excluding carboxylic acids is 1. The highest BCUT2D eigenvalue weighted by Gasteiger charge is 2.17. The maximum atomic E-state index is 11.9. The lowest BCUT2D eigenvalue weighted by Gasteiger charge is -2.22. The molecule has 1 aromatic carbocycles. The highest BCUT2D eigenvalue weighted by Crippen LogP contribution is 2.17. The van der Waals surface area contributed by atoms with E-state index in [4.69, 9.17) is 0 Å². The van der Waals surface area contributed by atoms with Crippen LogP contribution in [0.25, 0.3) is 0 Å². The fourth-order valence-corrected chi connectivity index (χ4v) is 2.86. The van der Waals surface area contributed by atoms with Crippen molar-refractivity contribution in [3.8, 4) is 0 Å². The number of nitrogens with one attached hydrogen (secondary N) is 1. The van der Waals surface area contributed by atoms with Gasteiger partial charge in [0.15, 0.2) is 0 Å². The van der Waals surface area contributed by atoms with Gasteiger partial charge in [0.1, 0.15) is 0 Å². The second-order valence-corrected chi connectivity index (χ2v) is 7.53. The Balaban J connectivity index is 2.69. The smallest absolute Gasteiger partial charge is 0.232 e. The normalized spacial score (nSPS) is 11.5. The Kier molecular flexibility index (Phi) is 6.20. The summed E-state index contributed by atoms with van der Waals surface area (Å²) in [6, 6.07) is 7.27. The van der Waals surface area contributed by atoms with Crippen LogP contribution in [0.5, 0.6) is 0 Å². The molecular formula is C15H24N2O3S. The topological polar surface area (TPSA) is 66.5 Å². The molecule has 0 fully saturated rings. The summed E-state index contributed by atoms with van der Waals surface area (Å²) in [4.78, 5) is 11.6. The predicted molar refractivity (Wildman–Crippen MR) is 85.8 cm³/mol. The van der Waals surface area contributed by atoms with Crippen molar-refractivity contribution < 1.29 is 13.2 Å². The van der Waals surface area contributed by atoms with Crippen LogP contribution >= 0.6 is 0 Å². The molecule has 0 aliphatic heterocycles. The lowest BCUT2D eigenvalue weighted by atomic mass is 10.1. The number of sulfonamides is 1. The van der Waals surface area contributed by atoms with Crippen LogP contribution in [0.2, 0.25) is 0 Å². The molecule has 1 N–H and O–H groups in total. The van der Waals surface area contributed by atoms with Crippen molar-refractivity contribution in [1.82, 2.24) is 5.32 Å². The second-order valence-electron chi connectivity index (χ2n) is 5.62. The average Bonchev–Trinajstić information content (AvgIpc) is 2.34. The Labute approximate surface area is 127 Å². The van der Waals surface area contributed by atoms with Gasteiger partial charge in [-0.2, -0.15) is 0 Å². The lowest BCUT2D eigenvalue weighted by Crippen LogP contribution is -2.38. The summed E-state index contributed by atoms with van der Waals surface area (Å²) in [7, 11) is -3.37. The molecule has 0 bridgehead atoms. The van der Waals surface area contributed by atoms with E-state index in [1.54, 1.807) is 12.1 Å². The minimum atomic E-state index is -3.37. The van der Waals surface area contributed by atoms with Gasteiger partial charge in [0.05, 0.1) is 18.5 Å². The number of anilines is 1. The molecule has 0 heterocycles. The highest BCUT2D eigenvalue weighted by molar-refractivity contribution is 7.92. The molecule has 0 saturated heterocycles. The summed E-state index contributed by atoms with van der Waals surface area (Å²) < 4.78 is 25.1. The van der Waals surface area contributed by atoms with Gasteiger partial charge in [-0.15, -0.1) is 0 Å². The number of rotatable bonds is 7. The summed E-state index contributed by atoms with van der Waals surface area (Å²) >= 11 is 0. The molecule has 5 nitrogen and oxygen atoms in total. The summed E-state index contributed by atoms with van der Waals surface area (Å²) in [5.41, 5.74) is 1.68. The number of amides is 1. The van der Waals surface area contributed by atoms with Crippen LogP contribution in [0, 0.1) is 12.8 Å². The summed E-state index contributed by atoms with van der Waals surface area (Å²) in [6.45, 7) is 6.41. The molecular weight excluding hydrogens is 288 g/mol. The van der Waals surface area contributed by atoms with Crippen molar-refractivity contribution >= 4 is 21.6 Å². The number of benzene rings is 1. The maximum Gasteiger partial charge on any atom is 0.232 e. The predicted octanol–water partition coefficient (Wildman–Crippen LogP) is 1.92. The number of nitrogens with zero attached hydrogens (tertiary/aromatic N) is 1. The van der Waals surface area contributed by atoms with Crippen LogP contribution in [0.15, 0.2) is 24.3 Å². The van der Waals surface area contributed by atoms with Gasteiger partial charge in [-0.05, 0) is 25.0 Å². The first-order chi connectivity index (χ1) is 9.70. The average molecular weight is 312 g/mol. The molecule has 0 spiro atoms. The van der Waals surface area contributed by atoms with Crippen LogP contribution in [0.1, 0.15) is 25.8 Å². The Morgan fingerprint density at radius 2 is 1.81 bits per heavy atom. The first kappa shape index (κ1) is 17.5. The third kappa shape index (κ3) is 6.16. The zero-order valence-electron chi connectivity index (χ0n) is 13.1. The number of carbonyl (C=O) groups is 1. The van der Waals surface area contributed by atoms with Crippen LogP contribution in [-0.4, -0.2) is 33.7 Å². The molecule has 0 atom stereocenters. The maximum absolute atomic E-state index is 11.9. The standard InChI is InChI=1S/C15H24N2O3S/c1-12(2)11-15(18)16-9-10-17(21(4,19)20)14-7-5-13(3)6-8-14/h5-8,12H,9-11H2,1-4H3,(H,16,18). The van der Waals surface area contributed by atoms with E-state index in [-0.39, 0.29) is 18.4 Å². The molecule has 0 unspecified atom stereocenters. The molecule has 0 radical (unpaired) electrons. The van der Waals surface area contributed by atoms with Gasteiger partial charge in [-0.25, -0.2) is 8.42 Å². The van der Waals surface area contributed by atoms with E-state index < -0.39 is 10.0 Å². The first-order valence-corrected chi connectivity index (χ1v) is 8.86. The van der Waals surface area contributed by atoms with Crippen molar-refractivity contribution in [3.05, 3.63) is 29.8 Å². The first-order valence-electron chi connectivity index (χ1n) is 7.01. The second kappa shape index (κ2) is 7.45. The SMILES string of the molecule is Cc1ccc(N(CCNC(=O)CC(C)C)S(C)(=O)=O)cc1. The quantitative estimate of drug-likeness (QED) is 0.836. The van der Waals surface area contributed by atoms with E-state index in [0.717, 1.165) is 5.56 Å². The zero-order valence-corrected chi connectivity index (χ0v) is 13.9. The Morgan fingerprint density at radius 1 is 1.24 bits per heavy atom. The van der Waals surface area contributed by atoms with Gasteiger partial charge in [0.25, 0.3) is 0 Å². The molecule has 1 aromatic rings. The van der Waals surface area contributed by atoms with Crippen molar-refractivity contribution in [3.63, 3.8) is 0 Å². The minimum absolute atomic E-state index is 0.0534. The Hall–Kier alpha value is -1.56. The third-order valence-corrected chi connectivity index (χ3v) is 4.15. The fourth-order valence-electron chi connectivity index (χ4n) is 1.94. The molecule has 1 rings (SSSR count). The number of aryl methyl sites for hydroxylation is 1. The Bertz CT molecular complexity index is 565. The van der Waals surface area contributed by atoms with Crippen molar-refractivity contribution in [2.24, 2.45) is 5.92 Å². The van der Waals surface area contributed by atoms with E-state index >= 15 is 0 Å². The summed E-state index contributed by atoms with van der Waals surface area (Å²) in [6.07, 6.45) is 1.62. The van der Waals surface area contributed by atoms with Crippen molar-refractivity contribution in [1.29, 1.82) is 0 Å². The monoisotopic (exact) mass is 312 g/mol. The Morgan fingerprint density at radius 3 is 2.29 bits per heavy atom. The highest BCUT2D eigenvalue weighted by atomic mass is 32.2. The number of hydrogen-bond acceptors (Lipinski definition) is 3. The van der Waals surface area contributed by atoms with Gasteiger partial charge >= 0.3 is 0 Å². The van der Waals surface area contributed by atoms with E-state index in [0.29, 0.717) is 18.7 Å². The van der Waals surface area contributed by atoms with Gasteiger partial charge in [0, 0.05) is 13.0 Å². The molecule has 6 heteroatoms. The van der Waals surface area contributed by atoms with E-state index in [1.807, 2.05) is 32.9 Å². The molecule has 0 aliphatic carbocycles.